The summed E-state index contributed by atoms with van der Waals surface area (Å²) >= 11 is 0. The van der Waals surface area contributed by atoms with Crippen LogP contribution in [-0.2, 0) is 29.6 Å². The maximum absolute atomic E-state index is 13.5. The number of hydrogen-bond acceptors (Lipinski definition) is 3. The van der Waals surface area contributed by atoms with Crippen LogP contribution >= 0.6 is 0 Å². The summed E-state index contributed by atoms with van der Waals surface area (Å²) in [4.78, 5) is 26.4. The Balaban J connectivity index is 1.49. The van der Waals surface area contributed by atoms with E-state index in [-0.39, 0.29) is 24.3 Å². The summed E-state index contributed by atoms with van der Waals surface area (Å²) in [6.07, 6.45) is 1.38. The minimum absolute atomic E-state index is 0.0995. The third-order valence-electron chi connectivity index (χ3n) is 7.00. The van der Waals surface area contributed by atoms with Gasteiger partial charge in [-0.15, -0.1) is 0 Å². The molecule has 1 amide bonds. The van der Waals surface area contributed by atoms with E-state index in [0.717, 1.165) is 28.9 Å². The lowest BCUT2D eigenvalue weighted by Gasteiger charge is -2.25. The van der Waals surface area contributed by atoms with Crippen molar-refractivity contribution in [3.63, 3.8) is 0 Å². The number of rotatable bonds is 8. The quantitative estimate of drug-likeness (QED) is 0.392. The summed E-state index contributed by atoms with van der Waals surface area (Å²) in [5.41, 5.74) is 5.92. The van der Waals surface area contributed by atoms with Crippen molar-refractivity contribution in [2.24, 2.45) is 0 Å². The first-order valence-electron chi connectivity index (χ1n) is 12.9. The Labute approximate surface area is 220 Å². The van der Waals surface area contributed by atoms with Crippen molar-refractivity contribution in [3.05, 3.63) is 100 Å². The molecule has 0 spiro atoms. The summed E-state index contributed by atoms with van der Waals surface area (Å²) in [6.45, 7) is 11.3. The van der Waals surface area contributed by atoms with Crippen molar-refractivity contribution in [2.45, 2.75) is 71.4 Å². The number of benzene rings is 3. The number of fused-ring (bicyclic) bond motifs is 1. The van der Waals surface area contributed by atoms with Crippen LogP contribution in [-0.4, -0.2) is 34.0 Å². The minimum Gasteiger partial charge on any atom is -0.487 e. The van der Waals surface area contributed by atoms with Gasteiger partial charge in [0.15, 0.2) is 0 Å². The third kappa shape index (κ3) is 6.59. The highest BCUT2D eigenvalue weighted by molar-refractivity contribution is 5.95. The normalized spacial score (nSPS) is 16.7. The molecule has 1 N–H and O–H groups in total. The zero-order valence-corrected chi connectivity index (χ0v) is 22.5. The number of aliphatic carboxylic acids is 1. The van der Waals surface area contributed by atoms with Gasteiger partial charge in [0.05, 0.1) is 6.42 Å². The molecule has 0 bridgehead atoms. The summed E-state index contributed by atoms with van der Waals surface area (Å²) in [5.74, 6) is -0.285. The first-order chi connectivity index (χ1) is 17.4. The second kappa shape index (κ2) is 10.4. The molecule has 0 unspecified atom stereocenters. The highest BCUT2D eigenvalue weighted by atomic mass is 16.5. The zero-order valence-electron chi connectivity index (χ0n) is 22.5. The number of aryl methyl sites for hydroxylation is 1. The van der Waals surface area contributed by atoms with Crippen LogP contribution in [0.2, 0.25) is 0 Å². The van der Waals surface area contributed by atoms with E-state index in [0.29, 0.717) is 18.5 Å². The van der Waals surface area contributed by atoms with Gasteiger partial charge in [-0.1, -0.05) is 74.9 Å². The van der Waals surface area contributed by atoms with Gasteiger partial charge in [0.25, 0.3) is 5.91 Å². The van der Waals surface area contributed by atoms with Crippen LogP contribution in [0, 0.1) is 6.92 Å². The van der Waals surface area contributed by atoms with E-state index in [1.807, 2.05) is 43.3 Å². The molecule has 1 atom stereocenters. The summed E-state index contributed by atoms with van der Waals surface area (Å²) in [6, 6.07) is 22.3. The molecular formula is C32H37NO4. The highest BCUT2D eigenvalue weighted by Crippen LogP contribution is 2.38. The molecule has 0 aliphatic carbocycles. The lowest BCUT2D eigenvalue weighted by Crippen LogP contribution is -2.33. The Hall–Kier alpha value is -3.60. The fourth-order valence-electron chi connectivity index (χ4n) is 4.89. The van der Waals surface area contributed by atoms with Crippen molar-refractivity contribution in [1.82, 2.24) is 4.90 Å². The average Bonchev–Trinajstić information content (AvgIpc) is 3.17. The van der Waals surface area contributed by atoms with Gasteiger partial charge in [0.2, 0.25) is 0 Å². The van der Waals surface area contributed by atoms with Crippen LogP contribution in [0.3, 0.4) is 0 Å². The largest absolute Gasteiger partial charge is 0.487 e. The van der Waals surface area contributed by atoms with Crippen LogP contribution in [0.4, 0.5) is 0 Å². The average molecular weight is 500 g/mol. The summed E-state index contributed by atoms with van der Waals surface area (Å²) in [5, 5.41) is 9.22. The Morgan fingerprint density at radius 3 is 2.24 bits per heavy atom. The van der Waals surface area contributed by atoms with Gasteiger partial charge in [-0.25, -0.2) is 0 Å². The molecule has 1 aliphatic heterocycles. The second-order valence-corrected chi connectivity index (χ2v) is 11.5. The second-order valence-electron chi connectivity index (χ2n) is 11.5. The van der Waals surface area contributed by atoms with E-state index < -0.39 is 11.6 Å². The van der Waals surface area contributed by atoms with Gasteiger partial charge < -0.3 is 14.7 Å². The molecule has 5 heteroatoms. The van der Waals surface area contributed by atoms with E-state index in [2.05, 4.69) is 52.0 Å². The van der Waals surface area contributed by atoms with E-state index in [4.69, 9.17) is 4.74 Å². The van der Waals surface area contributed by atoms with Gasteiger partial charge in [-0.05, 0) is 59.7 Å². The van der Waals surface area contributed by atoms with Crippen LogP contribution in [0.5, 0.6) is 5.75 Å². The number of carboxylic acid groups (broad SMARTS) is 1. The molecule has 0 radical (unpaired) electrons. The van der Waals surface area contributed by atoms with Crippen molar-refractivity contribution >= 4 is 11.9 Å². The van der Waals surface area contributed by atoms with Crippen molar-refractivity contribution in [2.75, 3.05) is 6.54 Å². The number of nitrogens with zero attached hydrogens (tertiary/aromatic N) is 1. The number of carboxylic acids is 1. The predicted molar refractivity (Wildman–Crippen MR) is 146 cm³/mol. The standard InChI is InChI=1S/C32H37NO4/c1-22-6-8-24(9-7-22)21-33(17-16-29(34)35)30(36)25-12-15-28-26(18-25)20-32(5,37-28)19-23-10-13-27(14-11-23)31(2,3)4/h6-15,18H,16-17,19-21H2,1-5H3,(H,34,35)/t32-/m0/s1. The Morgan fingerprint density at radius 1 is 0.973 bits per heavy atom. The predicted octanol–water partition coefficient (Wildman–Crippen LogP) is 6.35. The lowest BCUT2D eigenvalue weighted by molar-refractivity contribution is -0.137. The maximum Gasteiger partial charge on any atom is 0.305 e. The topological polar surface area (TPSA) is 66.8 Å². The molecule has 0 saturated heterocycles. The van der Waals surface area contributed by atoms with E-state index in [9.17, 15) is 14.7 Å². The number of carbonyl (C=O) groups excluding carboxylic acids is 1. The SMILES string of the molecule is Cc1ccc(CN(CCC(=O)O)C(=O)c2ccc3c(c2)C[C@](C)(Cc2ccc(C(C)(C)C)cc2)O3)cc1. The fourth-order valence-corrected chi connectivity index (χ4v) is 4.89. The van der Waals surface area contributed by atoms with Crippen molar-refractivity contribution < 1.29 is 19.4 Å². The van der Waals surface area contributed by atoms with Gasteiger partial charge in [0.1, 0.15) is 11.4 Å². The highest BCUT2D eigenvalue weighted by Gasteiger charge is 2.35. The van der Waals surface area contributed by atoms with E-state index in [1.54, 1.807) is 11.0 Å². The number of hydrogen-bond donors (Lipinski definition) is 1. The summed E-state index contributed by atoms with van der Waals surface area (Å²) < 4.78 is 6.37. The minimum atomic E-state index is -0.921. The molecule has 1 heterocycles. The van der Waals surface area contributed by atoms with Crippen LogP contribution < -0.4 is 4.74 Å². The van der Waals surface area contributed by atoms with Gasteiger partial charge in [-0.3, -0.25) is 9.59 Å². The molecule has 0 fully saturated rings. The Bertz CT molecular complexity index is 1270. The van der Waals surface area contributed by atoms with Crippen molar-refractivity contribution in [3.8, 4) is 5.75 Å². The molecule has 3 aromatic rings. The van der Waals surface area contributed by atoms with Crippen LogP contribution in [0.25, 0.3) is 0 Å². The van der Waals surface area contributed by atoms with Crippen LogP contribution in [0.1, 0.15) is 72.3 Å². The molecule has 3 aromatic carbocycles. The zero-order chi connectivity index (χ0) is 26.8. The first kappa shape index (κ1) is 26.5. The third-order valence-corrected chi connectivity index (χ3v) is 7.00. The molecule has 0 aromatic heterocycles. The molecule has 0 saturated carbocycles. The fraction of sp³-hybridized carbons (Fsp3) is 0.375. The number of amides is 1. The van der Waals surface area contributed by atoms with Crippen molar-refractivity contribution in [1.29, 1.82) is 0 Å². The van der Waals surface area contributed by atoms with Crippen LogP contribution in [0.15, 0.2) is 66.7 Å². The van der Waals surface area contributed by atoms with Gasteiger partial charge >= 0.3 is 5.97 Å². The molecular weight excluding hydrogens is 462 g/mol. The maximum atomic E-state index is 13.5. The Morgan fingerprint density at radius 2 is 1.62 bits per heavy atom. The number of carbonyl (C=O) groups is 2. The molecule has 194 valence electrons. The number of ether oxygens (including phenoxy) is 1. The molecule has 4 rings (SSSR count). The lowest BCUT2D eigenvalue weighted by atomic mass is 9.85. The monoisotopic (exact) mass is 499 g/mol. The molecule has 37 heavy (non-hydrogen) atoms. The van der Waals surface area contributed by atoms with Gasteiger partial charge in [0, 0.05) is 31.5 Å². The smallest absolute Gasteiger partial charge is 0.305 e. The van der Waals surface area contributed by atoms with Gasteiger partial charge in [-0.2, -0.15) is 0 Å². The Kier molecular flexibility index (Phi) is 7.44. The molecule has 1 aliphatic rings. The van der Waals surface area contributed by atoms with E-state index in [1.165, 1.54) is 11.1 Å². The first-order valence-corrected chi connectivity index (χ1v) is 12.9. The van der Waals surface area contributed by atoms with E-state index >= 15 is 0 Å². The molecule has 5 nitrogen and oxygen atoms in total. The summed E-state index contributed by atoms with van der Waals surface area (Å²) in [7, 11) is 0.